The molecular formula is C21H16F3N5O. The summed E-state index contributed by atoms with van der Waals surface area (Å²) in [5, 5.41) is 17.9. The Labute approximate surface area is 169 Å². The summed E-state index contributed by atoms with van der Waals surface area (Å²) in [6.07, 6.45) is -4.38. The minimum atomic E-state index is -4.38. The van der Waals surface area contributed by atoms with Crippen molar-refractivity contribution in [2.75, 3.05) is 0 Å². The van der Waals surface area contributed by atoms with Crippen LogP contribution in [0.3, 0.4) is 0 Å². The number of tetrazole rings is 1. The van der Waals surface area contributed by atoms with Crippen molar-refractivity contribution in [2.45, 2.75) is 19.1 Å². The minimum absolute atomic E-state index is 0.297. The molecule has 2 N–H and O–H groups in total. The van der Waals surface area contributed by atoms with Gasteiger partial charge in [0.2, 0.25) is 0 Å². The molecule has 4 rings (SSSR count). The molecule has 0 aliphatic carbocycles. The van der Waals surface area contributed by atoms with E-state index in [-0.39, 0.29) is 5.91 Å². The lowest BCUT2D eigenvalue weighted by Gasteiger charge is -2.12. The monoisotopic (exact) mass is 411 g/mol. The van der Waals surface area contributed by atoms with E-state index in [1.54, 1.807) is 31.2 Å². The summed E-state index contributed by atoms with van der Waals surface area (Å²) >= 11 is 0. The second-order valence-corrected chi connectivity index (χ2v) is 6.78. The SMILES string of the molecule is CC(NC(=O)c1ccc2c(-c3ccc(C(F)(F)F)cc3)cccc2c1)c1nn[nH]n1. The zero-order valence-corrected chi connectivity index (χ0v) is 15.7. The first-order valence-corrected chi connectivity index (χ1v) is 9.07. The first kappa shape index (κ1) is 19.6. The van der Waals surface area contributed by atoms with E-state index in [0.717, 1.165) is 28.5 Å². The van der Waals surface area contributed by atoms with Gasteiger partial charge in [-0.25, -0.2) is 0 Å². The molecule has 0 aliphatic rings. The smallest absolute Gasteiger partial charge is 0.342 e. The molecule has 4 aromatic rings. The number of nitrogens with one attached hydrogen (secondary N) is 2. The lowest BCUT2D eigenvalue weighted by molar-refractivity contribution is -0.137. The van der Waals surface area contributed by atoms with Crippen molar-refractivity contribution in [1.82, 2.24) is 25.9 Å². The molecule has 0 bridgehead atoms. The Kier molecular flexibility index (Phi) is 4.94. The standard InChI is InChI=1S/C21H16F3N5O/c1-12(19-26-28-29-27-19)25-20(30)15-7-10-18-14(11-15)3-2-4-17(18)13-5-8-16(9-6-13)21(22,23)24/h2-12H,1H3,(H,25,30)(H,26,27,28,29). The van der Waals surface area contributed by atoms with Crippen LogP contribution in [0.2, 0.25) is 0 Å². The number of aromatic nitrogens is 4. The van der Waals surface area contributed by atoms with Crippen LogP contribution in [0.15, 0.2) is 60.7 Å². The summed E-state index contributed by atoms with van der Waals surface area (Å²) in [6, 6.07) is 15.3. The predicted octanol–water partition coefficient (Wildman–Crippen LogP) is 4.53. The molecule has 0 aliphatic heterocycles. The van der Waals surface area contributed by atoms with Gasteiger partial charge in [-0.3, -0.25) is 4.79 Å². The maximum Gasteiger partial charge on any atom is 0.416 e. The van der Waals surface area contributed by atoms with Crippen LogP contribution in [-0.2, 0) is 6.18 Å². The van der Waals surface area contributed by atoms with Crippen molar-refractivity contribution in [3.8, 4) is 11.1 Å². The average Bonchev–Trinajstić information content (AvgIpc) is 3.27. The van der Waals surface area contributed by atoms with Crippen molar-refractivity contribution in [3.63, 3.8) is 0 Å². The van der Waals surface area contributed by atoms with Gasteiger partial charge in [-0.2, -0.15) is 18.4 Å². The number of H-pyrrole nitrogens is 1. The zero-order chi connectivity index (χ0) is 21.3. The molecule has 6 nitrogen and oxygen atoms in total. The highest BCUT2D eigenvalue weighted by Gasteiger charge is 2.30. The van der Waals surface area contributed by atoms with E-state index in [0.29, 0.717) is 17.0 Å². The second kappa shape index (κ2) is 7.58. The summed E-state index contributed by atoms with van der Waals surface area (Å²) in [6.45, 7) is 1.74. The molecule has 1 aromatic heterocycles. The van der Waals surface area contributed by atoms with Crippen LogP contribution >= 0.6 is 0 Å². The molecule has 0 saturated heterocycles. The fourth-order valence-electron chi connectivity index (χ4n) is 3.21. The Morgan fingerprint density at radius 2 is 1.83 bits per heavy atom. The molecule has 30 heavy (non-hydrogen) atoms. The first-order valence-electron chi connectivity index (χ1n) is 9.07. The first-order chi connectivity index (χ1) is 14.3. The molecule has 1 atom stereocenters. The molecule has 1 amide bonds. The van der Waals surface area contributed by atoms with Crippen molar-refractivity contribution in [2.24, 2.45) is 0 Å². The normalized spacial score (nSPS) is 12.7. The topological polar surface area (TPSA) is 83.6 Å². The fraction of sp³-hybridized carbons (Fsp3) is 0.143. The number of hydrogen-bond acceptors (Lipinski definition) is 4. The van der Waals surface area contributed by atoms with Gasteiger partial charge in [-0.15, -0.1) is 10.2 Å². The average molecular weight is 411 g/mol. The molecule has 0 fully saturated rings. The summed E-state index contributed by atoms with van der Waals surface area (Å²) < 4.78 is 38.5. The number of amides is 1. The number of fused-ring (bicyclic) bond motifs is 1. The van der Waals surface area contributed by atoms with E-state index in [2.05, 4.69) is 25.9 Å². The summed E-state index contributed by atoms with van der Waals surface area (Å²) in [5.74, 6) is 0.0721. The highest BCUT2D eigenvalue weighted by molar-refractivity contribution is 6.02. The van der Waals surface area contributed by atoms with E-state index < -0.39 is 17.8 Å². The molecule has 1 unspecified atom stereocenters. The van der Waals surface area contributed by atoms with Gasteiger partial charge < -0.3 is 5.32 Å². The molecular weight excluding hydrogens is 395 g/mol. The number of nitrogens with zero attached hydrogens (tertiary/aromatic N) is 3. The lowest BCUT2D eigenvalue weighted by Crippen LogP contribution is -2.27. The van der Waals surface area contributed by atoms with Crippen LogP contribution in [0, 0.1) is 0 Å². The number of hydrogen-bond donors (Lipinski definition) is 2. The van der Waals surface area contributed by atoms with E-state index >= 15 is 0 Å². The molecule has 0 spiro atoms. The van der Waals surface area contributed by atoms with E-state index in [1.807, 2.05) is 12.1 Å². The van der Waals surface area contributed by atoms with Gasteiger partial charge >= 0.3 is 6.18 Å². The number of alkyl halides is 3. The van der Waals surface area contributed by atoms with E-state index in [9.17, 15) is 18.0 Å². The van der Waals surface area contributed by atoms with E-state index in [1.165, 1.54) is 12.1 Å². The molecule has 1 heterocycles. The van der Waals surface area contributed by atoms with Gasteiger partial charge in [-0.1, -0.05) is 41.6 Å². The predicted molar refractivity (Wildman–Crippen MR) is 104 cm³/mol. The molecule has 152 valence electrons. The molecule has 0 saturated carbocycles. The number of carbonyl (C=O) groups is 1. The number of benzene rings is 3. The van der Waals surface area contributed by atoms with Crippen molar-refractivity contribution in [3.05, 3.63) is 77.6 Å². The van der Waals surface area contributed by atoms with Crippen LogP contribution < -0.4 is 5.32 Å². The highest BCUT2D eigenvalue weighted by atomic mass is 19.4. The summed E-state index contributed by atoms with van der Waals surface area (Å²) in [4.78, 5) is 12.6. The number of aromatic amines is 1. The van der Waals surface area contributed by atoms with Crippen LogP contribution in [0.5, 0.6) is 0 Å². The zero-order valence-electron chi connectivity index (χ0n) is 15.7. The van der Waals surface area contributed by atoms with Crippen LogP contribution in [-0.4, -0.2) is 26.5 Å². The number of halogens is 3. The van der Waals surface area contributed by atoms with Gasteiger partial charge in [0, 0.05) is 5.56 Å². The second-order valence-electron chi connectivity index (χ2n) is 6.78. The number of carbonyl (C=O) groups excluding carboxylic acids is 1. The van der Waals surface area contributed by atoms with Crippen molar-refractivity contribution < 1.29 is 18.0 Å². The third kappa shape index (κ3) is 3.86. The Morgan fingerprint density at radius 3 is 2.50 bits per heavy atom. The van der Waals surface area contributed by atoms with Crippen molar-refractivity contribution in [1.29, 1.82) is 0 Å². The summed E-state index contributed by atoms with van der Waals surface area (Å²) in [7, 11) is 0. The lowest BCUT2D eigenvalue weighted by atomic mass is 9.96. The van der Waals surface area contributed by atoms with Crippen molar-refractivity contribution >= 4 is 16.7 Å². The van der Waals surface area contributed by atoms with Crippen LogP contribution in [0.1, 0.15) is 34.7 Å². The Hall–Kier alpha value is -3.75. The largest absolute Gasteiger partial charge is 0.416 e. The van der Waals surface area contributed by atoms with Gasteiger partial charge in [0.05, 0.1) is 11.6 Å². The van der Waals surface area contributed by atoms with Crippen LogP contribution in [0.4, 0.5) is 13.2 Å². The maximum atomic E-state index is 12.8. The minimum Gasteiger partial charge on any atom is -0.342 e. The Morgan fingerprint density at radius 1 is 1.07 bits per heavy atom. The highest BCUT2D eigenvalue weighted by Crippen LogP contribution is 2.33. The Bertz CT molecular complexity index is 1190. The molecule has 3 aromatic carbocycles. The fourth-order valence-corrected chi connectivity index (χ4v) is 3.21. The number of rotatable bonds is 4. The summed E-state index contributed by atoms with van der Waals surface area (Å²) in [5.41, 5.74) is 1.20. The third-order valence-electron chi connectivity index (χ3n) is 4.76. The third-order valence-corrected chi connectivity index (χ3v) is 4.76. The van der Waals surface area contributed by atoms with Crippen LogP contribution in [0.25, 0.3) is 21.9 Å². The van der Waals surface area contributed by atoms with Gasteiger partial charge in [0.15, 0.2) is 5.82 Å². The van der Waals surface area contributed by atoms with Gasteiger partial charge in [0.25, 0.3) is 5.91 Å². The molecule has 9 heteroatoms. The van der Waals surface area contributed by atoms with Gasteiger partial charge in [0.1, 0.15) is 0 Å². The quantitative estimate of drug-likeness (QED) is 0.517. The maximum absolute atomic E-state index is 12.8. The van der Waals surface area contributed by atoms with Gasteiger partial charge in [-0.05, 0) is 53.1 Å². The molecule has 0 radical (unpaired) electrons. The Balaban J connectivity index is 1.63. The van der Waals surface area contributed by atoms with E-state index in [4.69, 9.17) is 0 Å².